The van der Waals surface area contributed by atoms with Gasteiger partial charge in [-0.05, 0) is 19.1 Å². The number of anilines is 1. The van der Waals surface area contributed by atoms with Crippen molar-refractivity contribution in [2.75, 3.05) is 11.9 Å². The molecule has 8 heteroatoms. The van der Waals surface area contributed by atoms with Crippen LogP contribution in [0.5, 0.6) is 5.75 Å². The minimum Gasteiger partial charge on any atom is -0.482 e. The molecule has 1 aromatic carbocycles. The van der Waals surface area contributed by atoms with E-state index >= 15 is 0 Å². The van der Waals surface area contributed by atoms with Gasteiger partial charge in [-0.1, -0.05) is 12.1 Å². The van der Waals surface area contributed by atoms with Gasteiger partial charge in [-0.25, -0.2) is 0 Å². The summed E-state index contributed by atoms with van der Waals surface area (Å²) in [6, 6.07) is 5.59. The first-order valence-corrected chi connectivity index (χ1v) is 5.62. The maximum absolute atomic E-state index is 12.1. The fraction of sp³-hybridized carbons (Fsp3) is 0.417. The van der Waals surface area contributed by atoms with Gasteiger partial charge in [0.15, 0.2) is 6.61 Å². The van der Waals surface area contributed by atoms with Gasteiger partial charge in [0.2, 0.25) is 5.91 Å². The third kappa shape index (κ3) is 7.20. The number of ether oxygens (including phenoxy) is 1. The predicted octanol–water partition coefficient (Wildman–Crippen LogP) is 2.73. The lowest BCUT2D eigenvalue weighted by molar-refractivity contribution is -0.153. The third-order valence-corrected chi connectivity index (χ3v) is 2.06. The number of hydrogen-bond donors (Lipinski definition) is 2. The van der Waals surface area contributed by atoms with E-state index in [0.29, 0.717) is 0 Å². The second kappa shape index (κ2) is 7.96. The van der Waals surface area contributed by atoms with Crippen LogP contribution in [0.25, 0.3) is 0 Å². The number of rotatable bonds is 5. The molecule has 0 radical (unpaired) electrons. The third-order valence-electron chi connectivity index (χ3n) is 2.06. The Morgan fingerprint density at radius 1 is 1.40 bits per heavy atom. The van der Waals surface area contributed by atoms with Gasteiger partial charge >= 0.3 is 6.18 Å². The lowest BCUT2D eigenvalue weighted by Crippen LogP contribution is -2.24. The van der Waals surface area contributed by atoms with Crippen LogP contribution in [-0.4, -0.2) is 24.7 Å². The monoisotopic (exact) mass is 312 g/mol. The summed E-state index contributed by atoms with van der Waals surface area (Å²) in [5.74, 6) is -0.407. The van der Waals surface area contributed by atoms with Gasteiger partial charge in [-0.2, -0.15) is 13.2 Å². The summed E-state index contributed by atoms with van der Waals surface area (Å²) in [4.78, 5) is 11.5. The highest BCUT2D eigenvalue weighted by Gasteiger charge is 2.28. The molecule has 1 atom stereocenters. The Morgan fingerprint density at radius 2 is 2.00 bits per heavy atom. The van der Waals surface area contributed by atoms with Crippen LogP contribution in [0.4, 0.5) is 18.9 Å². The molecule has 1 amide bonds. The van der Waals surface area contributed by atoms with Crippen molar-refractivity contribution < 1.29 is 22.7 Å². The first-order chi connectivity index (χ1) is 8.78. The largest absolute Gasteiger partial charge is 0.482 e. The average Bonchev–Trinajstić information content (AvgIpc) is 2.25. The molecular weight excluding hydrogens is 297 g/mol. The molecule has 3 N–H and O–H groups in total. The van der Waals surface area contributed by atoms with Crippen molar-refractivity contribution >= 4 is 24.0 Å². The quantitative estimate of drug-likeness (QED) is 0.878. The van der Waals surface area contributed by atoms with Crippen molar-refractivity contribution in [1.29, 1.82) is 0 Å². The highest BCUT2D eigenvalue weighted by molar-refractivity contribution is 5.92. The fourth-order valence-electron chi connectivity index (χ4n) is 1.35. The number of alkyl halides is 3. The normalized spacial score (nSPS) is 12.2. The molecule has 1 unspecified atom stereocenters. The van der Waals surface area contributed by atoms with Gasteiger partial charge < -0.3 is 15.8 Å². The Labute approximate surface area is 120 Å². The lowest BCUT2D eigenvalue weighted by atomic mass is 10.2. The molecule has 1 rings (SSSR count). The highest BCUT2D eigenvalue weighted by atomic mass is 35.5. The van der Waals surface area contributed by atoms with E-state index in [1.807, 2.05) is 0 Å². The van der Waals surface area contributed by atoms with Crippen LogP contribution in [-0.2, 0) is 4.79 Å². The van der Waals surface area contributed by atoms with E-state index in [1.54, 1.807) is 13.0 Å². The molecule has 0 fully saturated rings. The zero-order valence-electron chi connectivity index (χ0n) is 10.7. The number of hydrogen-bond acceptors (Lipinski definition) is 3. The molecule has 4 nitrogen and oxygen atoms in total. The van der Waals surface area contributed by atoms with E-state index in [9.17, 15) is 18.0 Å². The standard InChI is InChI=1S/C12H15F3N2O2.ClH/c1-8(16)6-11(18)17-9-4-2-3-5-10(9)19-7-12(13,14)15;/h2-5,8H,6-7,16H2,1H3,(H,17,18);1H. The Hall–Kier alpha value is -1.47. The van der Waals surface area contributed by atoms with E-state index in [4.69, 9.17) is 5.73 Å². The molecule has 20 heavy (non-hydrogen) atoms. The van der Waals surface area contributed by atoms with E-state index in [0.717, 1.165) is 0 Å². The van der Waals surface area contributed by atoms with Crippen molar-refractivity contribution in [2.24, 2.45) is 5.73 Å². The molecule has 0 aliphatic heterocycles. The summed E-state index contributed by atoms with van der Waals surface area (Å²) in [7, 11) is 0. The van der Waals surface area contributed by atoms with Gasteiger partial charge in [-0.3, -0.25) is 4.79 Å². The van der Waals surface area contributed by atoms with Crippen LogP contribution in [0.15, 0.2) is 24.3 Å². The molecule has 114 valence electrons. The van der Waals surface area contributed by atoms with Crippen LogP contribution < -0.4 is 15.8 Å². The van der Waals surface area contributed by atoms with Crippen LogP contribution in [0.2, 0.25) is 0 Å². The van der Waals surface area contributed by atoms with Crippen molar-refractivity contribution in [3.8, 4) is 5.75 Å². The Kier molecular flexibility index (Phi) is 7.38. The second-order valence-corrected chi connectivity index (χ2v) is 4.13. The van der Waals surface area contributed by atoms with E-state index in [-0.39, 0.29) is 42.2 Å². The summed E-state index contributed by atoms with van der Waals surface area (Å²) in [6.45, 7) is 0.249. The molecule has 0 heterocycles. The number of carbonyl (C=O) groups excluding carboxylic acids is 1. The second-order valence-electron chi connectivity index (χ2n) is 4.13. The number of para-hydroxylation sites is 2. The molecular formula is C12H16ClF3N2O2. The molecule has 0 aromatic heterocycles. The molecule has 0 saturated heterocycles. The van der Waals surface area contributed by atoms with E-state index < -0.39 is 12.8 Å². The minimum atomic E-state index is -4.43. The first kappa shape index (κ1) is 18.5. The highest BCUT2D eigenvalue weighted by Crippen LogP contribution is 2.26. The summed E-state index contributed by atoms with van der Waals surface area (Å²) in [5.41, 5.74) is 5.65. The minimum absolute atomic E-state index is 0. The molecule has 0 saturated carbocycles. The van der Waals surface area contributed by atoms with Gasteiger partial charge in [0.1, 0.15) is 5.75 Å². The first-order valence-electron chi connectivity index (χ1n) is 5.62. The number of carbonyl (C=O) groups is 1. The number of nitrogens with one attached hydrogen (secondary N) is 1. The van der Waals surface area contributed by atoms with Gasteiger partial charge in [0.25, 0.3) is 0 Å². The number of nitrogens with two attached hydrogens (primary N) is 1. The molecule has 0 spiro atoms. The van der Waals surface area contributed by atoms with Crippen LogP contribution in [0.1, 0.15) is 13.3 Å². The van der Waals surface area contributed by atoms with Crippen molar-refractivity contribution in [3.05, 3.63) is 24.3 Å². The smallest absolute Gasteiger partial charge is 0.422 e. The van der Waals surface area contributed by atoms with E-state index in [2.05, 4.69) is 10.1 Å². The number of halogens is 4. The van der Waals surface area contributed by atoms with Gasteiger partial charge in [0.05, 0.1) is 5.69 Å². The van der Waals surface area contributed by atoms with Gasteiger partial charge in [-0.15, -0.1) is 12.4 Å². The number of benzene rings is 1. The molecule has 0 aliphatic carbocycles. The topological polar surface area (TPSA) is 64.4 Å². The lowest BCUT2D eigenvalue weighted by Gasteiger charge is -2.14. The van der Waals surface area contributed by atoms with E-state index in [1.165, 1.54) is 18.2 Å². The Balaban J connectivity index is 0.00000361. The molecule has 1 aromatic rings. The average molecular weight is 313 g/mol. The van der Waals surface area contributed by atoms with Crippen molar-refractivity contribution in [2.45, 2.75) is 25.6 Å². The summed E-state index contributed by atoms with van der Waals surface area (Å²) >= 11 is 0. The Bertz CT molecular complexity index is 439. The van der Waals surface area contributed by atoms with Crippen molar-refractivity contribution in [1.82, 2.24) is 0 Å². The van der Waals surface area contributed by atoms with Crippen LogP contribution in [0.3, 0.4) is 0 Å². The van der Waals surface area contributed by atoms with Gasteiger partial charge in [0, 0.05) is 12.5 Å². The van der Waals surface area contributed by atoms with Crippen LogP contribution >= 0.6 is 12.4 Å². The Morgan fingerprint density at radius 3 is 2.55 bits per heavy atom. The summed E-state index contributed by atoms with van der Waals surface area (Å²) in [6.07, 6.45) is -4.35. The zero-order chi connectivity index (χ0) is 14.5. The molecule has 0 bridgehead atoms. The van der Waals surface area contributed by atoms with Crippen LogP contribution in [0, 0.1) is 0 Å². The maximum atomic E-state index is 12.1. The predicted molar refractivity (Wildman–Crippen MR) is 72.1 cm³/mol. The molecule has 0 aliphatic rings. The summed E-state index contributed by atoms with van der Waals surface area (Å²) in [5, 5.41) is 2.47. The zero-order valence-corrected chi connectivity index (χ0v) is 11.6. The van der Waals surface area contributed by atoms with Crippen molar-refractivity contribution in [3.63, 3.8) is 0 Å². The maximum Gasteiger partial charge on any atom is 0.422 e. The fourth-order valence-corrected chi connectivity index (χ4v) is 1.35. The SMILES string of the molecule is CC(N)CC(=O)Nc1ccccc1OCC(F)(F)F.Cl. The number of amides is 1. The summed E-state index contributed by atoms with van der Waals surface area (Å²) < 4.78 is 40.9.